The smallest absolute Gasteiger partial charge is 0.249 e. The minimum Gasteiger partial charge on any atom is -0.378 e. The maximum absolute atomic E-state index is 12.7. The van der Waals surface area contributed by atoms with Crippen molar-refractivity contribution in [1.82, 2.24) is 9.80 Å². The van der Waals surface area contributed by atoms with E-state index in [1.165, 1.54) is 51.4 Å². The summed E-state index contributed by atoms with van der Waals surface area (Å²) in [5.74, 6) is 1.12. The van der Waals surface area contributed by atoms with Crippen LogP contribution in [-0.2, 0) is 14.3 Å². The fourth-order valence-electron chi connectivity index (χ4n) is 6.17. The van der Waals surface area contributed by atoms with Crippen molar-refractivity contribution in [3.8, 4) is 0 Å². The van der Waals surface area contributed by atoms with Crippen LogP contribution in [0.5, 0.6) is 0 Å². The van der Waals surface area contributed by atoms with E-state index in [0.29, 0.717) is 30.9 Å². The van der Waals surface area contributed by atoms with E-state index in [1.54, 1.807) is 0 Å². The zero-order chi connectivity index (χ0) is 18.9. The van der Waals surface area contributed by atoms with Gasteiger partial charge in [-0.2, -0.15) is 0 Å². The van der Waals surface area contributed by atoms with Gasteiger partial charge < -0.3 is 19.3 Å². The van der Waals surface area contributed by atoms with Crippen LogP contribution in [0.3, 0.4) is 0 Å². The van der Waals surface area contributed by atoms with Crippen LogP contribution in [0.25, 0.3) is 0 Å². The highest BCUT2D eigenvalue weighted by Gasteiger charge is 2.42. The van der Waals surface area contributed by atoms with E-state index in [4.69, 9.17) is 9.47 Å². The summed E-state index contributed by atoms with van der Waals surface area (Å²) in [7, 11) is 0. The number of carbonyl (C=O) groups excluding carboxylic acids is 1. The zero-order valence-corrected chi connectivity index (χ0v) is 17.4. The quantitative estimate of drug-likeness (QED) is 0.722. The lowest BCUT2D eigenvalue weighted by Crippen LogP contribution is -2.61. The maximum Gasteiger partial charge on any atom is 0.249 e. The summed E-state index contributed by atoms with van der Waals surface area (Å²) in [5.41, 5.74) is 0. The summed E-state index contributed by atoms with van der Waals surface area (Å²) in [4.78, 5) is 17.6. The van der Waals surface area contributed by atoms with Crippen LogP contribution in [0, 0.1) is 5.92 Å². The van der Waals surface area contributed by atoms with Gasteiger partial charge in [-0.25, -0.2) is 0 Å². The first-order valence-corrected chi connectivity index (χ1v) is 12.1. The average molecular weight is 391 g/mol. The van der Waals surface area contributed by atoms with Crippen LogP contribution in [0.15, 0.2) is 0 Å². The first kappa shape index (κ1) is 19.3. The lowest BCUT2D eigenvalue weighted by Gasteiger charge is -2.50. The number of ether oxygens (including phenoxy) is 2. The van der Waals surface area contributed by atoms with E-state index < -0.39 is 0 Å². The Labute approximate surface area is 170 Å². The highest BCUT2D eigenvalue weighted by molar-refractivity contribution is 5.79. The van der Waals surface area contributed by atoms with Crippen molar-refractivity contribution >= 4 is 5.91 Å². The van der Waals surface area contributed by atoms with Crippen LogP contribution in [0.4, 0.5) is 0 Å². The molecule has 2 aliphatic heterocycles. The van der Waals surface area contributed by atoms with Gasteiger partial charge >= 0.3 is 0 Å². The van der Waals surface area contributed by atoms with Gasteiger partial charge in [-0.05, 0) is 70.1 Å². The van der Waals surface area contributed by atoms with Crippen LogP contribution < -0.4 is 0 Å². The molecule has 0 bridgehead atoms. The Balaban J connectivity index is 1.10. The van der Waals surface area contributed by atoms with Gasteiger partial charge in [-0.15, -0.1) is 0 Å². The fraction of sp³-hybridized carbons (Fsp3) is 0.957. The number of morpholine rings is 1. The Bertz CT molecular complexity index is 536. The second-order valence-electron chi connectivity index (χ2n) is 9.98. The lowest BCUT2D eigenvalue weighted by molar-refractivity contribution is -0.167. The van der Waals surface area contributed by atoms with E-state index >= 15 is 0 Å². The number of amides is 1. The standard InChI is InChI=1S/C23H38N2O3/c26-23-16-28-22-4-2-1-3-21(22)25(23)19-11-13-24(14-12-19)18-7-9-20(10-8-18)27-15-17-5-6-17/h17-22H,1-16H2/t18?,20?,21-,22-/m0/s1. The van der Waals surface area contributed by atoms with Gasteiger partial charge in [0.05, 0.1) is 18.2 Å². The minimum atomic E-state index is 0.245. The first-order valence-electron chi connectivity index (χ1n) is 12.1. The Hall–Kier alpha value is -0.650. The lowest BCUT2D eigenvalue weighted by atomic mass is 9.86. The SMILES string of the molecule is O=C1CO[C@H]2CCCC[C@@H]2N1C1CCN(C2CCC(OCC3CC3)CC2)CC1. The molecule has 5 fully saturated rings. The summed E-state index contributed by atoms with van der Waals surface area (Å²) < 4.78 is 12.0. The number of piperidine rings is 1. The molecule has 2 saturated heterocycles. The molecule has 0 radical (unpaired) electrons. The number of hydrogen-bond donors (Lipinski definition) is 0. The highest BCUT2D eigenvalue weighted by Crippen LogP contribution is 2.35. The molecule has 5 nitrogen and oxygen atoms in total. The van der Waals surface area contributed by atoms with Crippen molar-refractivity contribution in [2.24, 2.45) is 5.92 Å². The van der Waals surface area contributed by atoms with Crippen LogP contribution in [-0.4, -0.2) is 72.3 Å². The van der Waals surface area contributed by atoms with Crippen molar-refractivity contribution in [2.75, 3.05) is 26.3 Å². The van der Waals surface area contributed by atoms with E-state index in [-0.39, 0.29) is 5.91 Å². The van der Waals surface area contributed by atoms with Crippen molar-refractivity contribution < 1.29 is 14.3 Å². The highest BCUT2D eigenvalue weighted by atomic mass is 16.5. The summed E-state index contributed by atoms with van der Waals surface area (Å²) in [6.45, 7) is 3.64. The monoisotopic (exact) mass is 390 g/mol. The topological polar surface area (TPSA) is 42.0 Å². The van der Waals surface area contributed by atoms with E-state index in [1.807, 2.05) is 0 Å². The van der Waals surface area contributed by atoms with Crippen molar-refractivity contribution in [3.63, 3.8) is 0 Å². The van der Waals surface area contributed by atoms with E-state index in [2.05, 4.69) is 9.80 Å². The number of hydrogen-bond acceptors (Lipinski definition) is 4. The second-order valence-corrected chi connectivity index (χ2v) is 9.98. The molecular formula is C23H38N2O3. The summed E-state index contributed by atoms with van der Waals surface area (Å²) in [5, 5.41) is 0. The fourth-order valence-corrected chi connectivity index (χ4v) is 6.17. The molecule has 3 aliphatic carbocycles. The third-order valence-corrected chi connectivity index (χ3v) is 8.05. The van der Waals surface area contributed by atoms with Gasteiger partial charge in [-0.3, -0.25) is 4.79 Å². The summed E-state index contributed by atoms with van der Waals surface area (Å²) in [6, 6.07) is 1.53. The Kier molecular flexibility index (Phi) is 5.94. The minimum absolute atomic E-state index is 0.245. The molecule has 5 aliphatic rings. The number of fused-ring (bicyclic) bond motifs is 1. The number of nitrogens with zero attached hydrogens (tertiary/aromatic N) is 2. The normalized spacial score (nSPS) is 38.4. The molecule has 5 heteroatoms. The van der Waals surface area contributed by atoms with Crippen LogP contribution >= 0.6 is 0 Å². The maximum atomic E-state index is 12.7. The Morgan fingerprint density at radius 3 is 2.36 bits per heavy atom. The molecule has 28 heavy (non-hydrogen) atoms. The molecule has 0 unspecified atom stereocenters. The first-order chi connectivity index (χ1) is 13.8. The Morgan fingerprint density at radius 1 is 0.857 bits per heavy atom. The van der Waals surface area contributed by atoms with Crippen molar-refractivity contribution in [1.29, 1.82) is 0 Å². The molecule has 1 amide bonds. The van der Waals surface area contributed by atoms with Crippen molar-refractivity contribution in [3.05, 3.63) is 0 Å². The predicted molar refractivity (Wildman–Crippen MR) is 108 cm³/mol. The van der Waals surface area contributed by atoms with Gasteiger partial charge in [0.25, 0.3) is 0 Å². The molecule has 0 aromatic rings. The summed E-state index contributed by atoms with van der Waals surface area (Å²) >= 11 is 0. The molecule has 0 aromatic carbocycles. The third-order valence-electron chi connectivity index (χ3n) is 8.05. The largest absolute Gasteiger partial charge is 0.378 e. The number of likely N-dealkylation sites (tertiary alicyclic amines) is 1. The van der Waals surface area contributed by atoms with Gasteiger partial charge in [0.2, 0.25) is 5.91 Å². The zero-order valence-electron chi connectivity index (χ0n) is 17.4. The van der Waals surface area contributed by atoms with Crippen LogP contribution in [0.2, 0.25) is 0 Å². The second kappa shape index (κ2) is 8.61. The van der Waals surface area contributed by atoms with Gasteiger partial charge in [0, 0.05) is 31.8 Å². The molecule has 0 aromatic heterocycles. The van der Waals surface area contributed by atoms with E-state index in [0.717, 1.165) is 57.3 Å². The third kappa shape index (κ3) is 4.27. The Morgan fingerprint density at radius 2 is 1.61 bits per heavy atom. The van der Waals surface area contributed by atoms with Gasteiger partial charge in [0.15, 0.2) is 0 Å². The van der Waals surface area contributed by atoms with Gasteiger partial charge in [0.1, 0.15) is 6.61 Å². The van der Waals surface area contributed by atoms with Crippen molar-refractivity contribution in [2.45, 2.75) is 107 Å². The van der Waals surface area contributed by atoms with Crippen LogP contribution in [0.1, 0.15) is 77.0 Å². The molecular weight excluding hydrogens is 352 g/mol. The number of carbonyl (C=O) groups is 1. The molecule has 158 valence electrons. The summed E-state index contributed by atoms with van der Waals surface area (Å²) in [6.07, 6.45) is 15.7. The molecule has 0 N–H and O–H groups in total. The van der Waals surface area contributed by atoms with E-state index in [9.17, 15) is 4.79 Å². The predicted octanol–water partition coefficient (Wildman–Crippen LogP) is 3.36. The average Bonchev–Trinajstić information content (AvgIpc) is 3.57. The van der Waals surface area contributed by atoms with Gasteiger partial charge in [-0.1, -0.05) is 12.8 Å². The number of rotatable bonds is 5. The molecule has 2 heterocycles. The molecule has 5 rings (SSSR count). The molecule has 2 atom stereocenters. The molecule has 0 spiro atoms. The molecule has 3 saturated carbocycles.